The van der Waals surface area contributed by atoms with Gasteiger partial charge in [0.05, 0.1) is 27.9 Å². The fourth-order valence-electron chi connectivity index (χ4n) is 3.68. The van der Waals surface area contributed by atoms with Crippen molar-refractivity contribution in [1.29, 1.82) is 0 Å². The van der Waals surface area contributed by atoms with Gasteiger partial charge in [-0.05, 0) is 36.2 Å². The number of anilines is 2. The van der Waals surface area contributed by atoms with Crippen LogP contribution in [-0.2, 0) is 27.5 Å². The number of ketones is 1. The van der Waals surface area contributed by atoms with E-state index >= 15 is 0 Å². The Balaban J connectivity index is 1.67. The molecule has 8 nitrogen and oxygen atoms in total. The standard InChI is InChI=1S/C25H27N5O3S/c1-3-34(32,33)22-10-5-4-9-19(22)29-25-24-20(11-12-27-24)28-23(30-25)15-18-8-6-7-17(13-18)14-21(31)16(2)26/h4-13,16,27H,3,14-15,26H2,1-2H3,(H,28,29,30)/t16-/m0/s1. The van der Waals surface area contributed by atoms with Gasteiger partial charge in [0.1, 0.15) is 11.3 Å². The molecule has 0 radical (unpaired) electrons. The Morgan fingerprint density at radius 3 is 2.62 bits per heavy atom. The number of aromatic nitrogens is 3. The number of nitrogens with zero attached hydrogens (tertiary/aromatic N) is 2. The van der Waals surface area contributed by atoms with Crippen molar-refractivity contribution in [2.75, 3.05) is 11.1 Å². The van der Waals surface area contributed by atoms with Gasteiger partial charge in [-0.1, -0.05) is 43.3 Å². The number of nitrogens with two attached hydrogens (primary N) is 1. The summed E-state index contributed by atoms with van der Waals surface area (Å²) in [6.45, 7) is 3.30. The van der Waals surface area contributed by atoms with E-state index < -0.39 is 15.9 Å². The number of benzene rings is 2. The number of hydrogen-bond donors (Lipinski definition) is 3. The third-order valence-electron chi connectivity index (χ3n) is 5.55. The fourth-order valence-corrected chi connectivity index (χ4v) is 4.73. The summed E-state index contributed by atoms with van der Waals surface area (Å²) in [6.07, 6.45) is 2.49. The third kappa shape index (κ3) is 5.16. The molecule has 0 saturated carbocycles. The van der Waals surface area contributed by atoms with Crippen molar-refractivity contribution in [3.8, 4) is 0 Å². The average Bonchev–Trinajstić information content (AvgIpc) is 3.28. The minimum absolute atomic E-state index is 0.000404. The maximum Gasteiger partial charge on any atom is 0.180 e. The van der Waals surface area contributed by atoms with Gasteiger partial charge in [-0.25, -0.2) is 18.4 Å². The van der Waals surface area contributed by atoms with Crippen molar-refractivity contribution < 1.29 is 13.2 Å². The molecule has 34 heavy (non-hydrogen) atoms. The highest BCUT2D eigenvalue weighted by molar-refractivity contribution is 7.91. The Hall–Kier alpha value is -3.56. The maximum absolute atomic E-state index is 12.6. The molecule has 9 heteroatoms. The number of nitrogens with one attached hydrogen (secondary N) is 2. The van der Waals surface area contributed by atoms with Gasteiger partial charge in [-0.2, -0.15) is 0 Å². The number of para-hydroxylation sites is 1. The van der Waals surface area contributed by atoms with E-state index in [2.05, 4.69) is 15.3 Å². The van der Waals surface area contributed by atoms with Crippen molar-refractivity contribution in [3.05, 3.63) is 77.7 Å². The van der Waals surface area contributed by atoms with Crippen molar-refractivity contribution in [3.63, 3.8) is 0 Å². The molecule has 4 aromatic rings. The molecular formula is C25H27N5O3S. The van der Waals surface area contributed by atoms with Gasteiger partial charge >= 0.3 is 0 Å². The number of carbonyl (C=O) groups is 1. The van der Waals surface area contributed by atoms with Gasteiger partial charge in [0.2, 0.25) is 0 Å². The normalized spacial score (nSPS) is 12.6. The lowest BCUT2D eigenvalue weighted by molar-refractivity contribution is -0.119. The highest BCUT2D eigenvalue weighted by Crippen LogP contribution is 2.28. The molecule has 4 rings (SSSR count). The fraction of sp³-hybridized carbons (Fsp3) is 0.240. The smallest absolute Gasteiger partial charge is 0.180 e. The summed E-state index contributed by atoms with van der Waals surface area (Å²) < 4.78 is 25.1. The minimum atomic E-state index is -3.42. The van der Waals surface area contributed by atoms with Gasteiger partial charge in [0, 0.05) is 19.0 Å². The summed E-state index contributed by atoms with van der Waals surface area (Å²) in [5.41, 5.74) is 9.41. The molecule has 0 bridgehead atoms. The molecule has 1 atom stereocenters. The average molecular weight is 478 g/mol. The van der Waals surface area contributed by atoms with Gasteiger partial charge < -0.3 is 16.0 Å². The zero-order valence-corrected chi connectivity index (χ0v) is 19.9. The van der Waals surface area contributed by atoms with Crippen LogP contribution >= 0.6 is 0 Å². The van der Waals surface area contributed by atoms with Crippen LogP contribution in [0.3, 0.4) is 0 Å². The molecule has 2 heterocycles. The number of hydrogen-bond acceptors (Lipinski definition) is 7. The quantitative estimate of drug-likeness (QED) is 0.336. The molecule has 2 aromatic heterocycles. The van der Waals surface area contributed by atoms with E-state index in [1.54, 1.807) is 44.3 Å². The Kier molecular flexibility index (Phi) is 6.76. The first-order chi connectivity index (χ1) is 16.3. The zero-order valence-electron chi connectivity index (χ0n) is 19.1. The number of rotatable bonds is 9. The maximum atomic E-state index is 12.6. The number of H-pyrrole nitrogens is 1. The Labute approximate surface area is 198 Å². The number of Topliss-reactive ketones (excluding diaryl/α,β-unsaturated/α-hetero) is 1. The SMILES string of the molecule is CCS(=O)(=O)c1ccccc1Nc1nc(Cc2cccc(CC(=O)[C@H](C)N)c2)nc2cc[nH]c12. The molecule has 0 aliphatic heterocycles. The van der Waals surface area contributed by atoms with Crippen LogP contribution in [0.25, 0.3) is 11.0 Å². The first-order valence-electron chi connectivity index (χ1n) is 11.1. The zero-order chi connectivity index (χ0) is 24.3. The van der Waals surface area contributed by atoms with Gasteiger partial charge in [-0.3, -0.25) is 4.79 Å². The van der Waals surface area contributed by atoms with Crippen molar-refractivity contribution in [2.24, 2.45) is 5.73 Å². The summed E-state index contributed by atoms with van der Waals surface area (Å²) in [4.78, 5) is 24.7. The van der Waals surface area contributed by atoms with Crippen LogP contribution in [0.2, 0.25) is 0 Å². The highest BCUT2D eigenvalue weighted by atomic mass is 32.2. The molecule has 0 aliphatic carbocycles. The topological polar surface area (TPSA) is 131 Å². The molecule has 0 fully saturated rings. The molecule has 0 spiro atoms. The van der Waals surface area contributed by atoms with Gasteiger partial charge in [0.25, 0.3) is 0 Å². The Morgan fingerprint density at radius 2 is 1.85 bits per heavy atom. The Morgan fingerprint density at radius 1 is 1.09 bits per heavy atom. The Bertz CT molecular complexity index is 1440. The second-order valence-corrected chi connectivity index (χ2v) is 10.4. The van der Waals surface area contributed by atoms with E-state index in [0.29, 0.717) is 34.8 Å². The minimum Gasteiger partial charge on any atom is -0.357 e. The number of carbonyl (C=O) groups excluding carboxylic acids is 1. The van der Waals surface area contributed by atoms with Gasteiger partial charge in [-0.15, -0.1) is 0 Å². The molecule has 0 aliphatic rings. The second kappa shape index (κ2) is 9.74. The first-order valence-corrected chi connectivity index (χ1v) is 12.7. The van der Waals surface area contributed by atoms with E-state index in [1.807, 2.05) is 30.3 Å². The van der Waals surface area contributed by atoms with Crippen LogP contribution in [0.15, 0.2) is 65.7 Å². The van der Waals surface area contributed by atoms with E-state index in [0.717, 1.165) is 11.1 Å². The van der Waals surface area contributed by atoms with Crippen molar-refractivity contribution in [1.82, 2.24) is 15.0 Å². The summed E-state index contributed by atoms with van der Waals surface area (Å²) in [7, 11) is -3.42. The third-order valence-corrected chi connectivity index (χ3v) is 7.33. The lowest BCUT2D eigenvalue weighted by atomic mass is 10.0. The van der Waals surface area contributed by atoms with Crippen molar-refractivity contribution in [2.45, 2.75) is 37.6 Å². The second-order valence-electron chi connectivity index (χ2n) is 8.18. The van der Waals surface area contributed by atoms with Crippen LogP contribution in [0.4, 0.5) is 11.5 Å². The van der Waals surface area contributed by atoms with E-state index in [4.69, 9.17) is 10.7 Å². The molecule has 0 saturated heterocycles. The molecular weight excluding hydrogens is 450 g/mol. The predicted molar refractivity (Wildman–Crippen MR) is 133 cm³/mol. The largest absolute Gasteiger partial charge is 0.357 e. The predicted octanol–water partition coefficient (Wildman–Crippen LogP) is 3.54. The lowest BCUT2D eigenvalue weighted by Gasteiger charge is -2.13. The van der Waals surface area contributed by atoms with E-state index in [-0.39, 0.29) is 22.9 Å². The summed E-state index contributed by atoms with van der Waals surface area (Å²) in [5.74, 6) is 1.04. The van der Waals surface area contributed by atoms with E-state index in [1.165, 1.54) is 0 Å². The van der Waals surface area contributed by atoms with Crippen molar-refractivity contribution >= 4 is 38.2 Å². The first kappa shape index (κ1) is 23.6. The summed E-state index contributed by atoms with van der Waals surface area (Å²) in [5, 5.41) is 3.20. The highest BCUT2D eigenvalue weighted by Gasteiger charge is 2.18. The van der Waals surface area contributed by atoms with Crippen LogP contribution in [0.1, 0.15) is 30.8 Å². The molecule has 176 valence electrons. The summed E-state index contributed by atoms with van der Waals surface area (Å²) >= 11 is 0. The number of sulfone groups is 1. The van der Waals surface area contributed by atoms with E-state index in [9.17, 15) is 13.2 Å². The van der Waals surface area contributed by atoms with Crippen LogP contribution < -0.4 is 11.1 Å². The van der Waals surface area contributed by atoms with Crippen LogP contribution in [0, 0.1) is 0 Å². The molecule has 2 aromatic carbocycles. The lowest BCUT2D eigenvalue weighted by Crippen LogP contribution is -2.28. The van der Waals surface area contributed by atoms with Crippen LogP contribution in [0.5, 0.6) is 0 Å². The van der Waals surface area contributed by atoms with Gasteiger partial charge in [0.15, 0.2) is 21.4 Å². The monoisotopic (exact) mass is 477 g/mol. The molecule has 4 N–H and O–H groups in total. The van der Waals surface area contributed by atoms with Crippen LogP contribution in [-0.4, -0.2) is 40.9 Å². The molecule has 0 amide bonds. The summed E-state index contributed by atoms with van der Waals surface area (Å²) in [6, 6.07) is 15.8. The molecule has 0 unspecified atom stereocenters. The number of fused-ring (bicyclic) bond motifs is 1. The number of aromatic amines is 1.